The van der Waals surface area contributed by atoms with Gasteiger partial charge in [-0.05, 0) is 29.8 Å². The number of hydrogen-bond acceptors (Lipinski definition) is 5. The Balaban J connectivity index is 2.26. The third kappa shape index (κ3) is 3.32. The second-order valence-corrected chi connectivity index (χ2v) is 6.26. The van der Waals surface area contributed by atoms with Crippen LogP contribution in [0.5, 0.6) is 0 Å². The third-order valence-electron chi connectivity index (χ3n) is 4.43. The van der Waals surface area contributed by atoms with Crippen LogP contribution in [0.15, 0.2) is 4.47 Å². The molecule has 7 heteroatoms. The number of ether oxygens (including phenoxy) is 2. The number of nitrogens with two attached hydrogens (primary N) is 1. The summed E-state index contributed by atoms with van der Waals surface area (Å²) in [6.07, 6.45) is 2.45. The van der Waals surface area contributed by atoms with Gasteiger partial charge >= 0.3 is 0 Å². The van der Waals surface area contributed by atoms with Gasteiger partial charge < -0.3 is 9.47 Å². The molecule has 1 fully saturated rings. The maximum atomic E-state index is 5.86. The summed E-state index contributed by atoms with van der Waals surface area (Å²) in [5.74, 6) is 5.84. The lowest BCUT2D eigenvalue weighted by molar-refractivity contribution is -0.110. The van der Waals surface area contributed by atoms with E-state index < -0.39 is 0 Å². The zero-order valence-electron chi connectivity index (χ0n) is 13.0. The minimum absolute atomic E-state index is 0.0177. The second-order valence-electron chi connectivity index (χ2n) is 5.47. The number of nitrogens with zero attached hydrogens (tertiary/aromatic N) is 2. The lowest BCUT2D eigenvalue weighted by atomic mass is 9.84. The minimum atomic E-state index is -0.289. The van der Waals surface area contributed by atoms with Gasteiger partial charge in [-0.15, -0.1) is 0 Å². The highest BCUT2D eigenvalue weighted by Gasteiger charge is 2.41. The van der Waals surface area contributed by atoms with Crippen molar-refractivity contribution in [2.24, 2.45) is 5.84 Å². The number of methoxy groups -OCH3 is 1. The molecule has 2 rings (SSSR count). The van der Waals surface area contributed by atoms with E-state index in [0.29, 0.717) is 13.2 Å². The van der Waals surface area contributed by atoms with Gasteiger partial charge in [-0.2, -0.15) is 5.10 Å². The van der Waals surface area contributed by atoms with E-state index in [9.17, 15) is 0 Å². The minimum Gasteiger partial charge on any atom is -0.381 e. The summed E-state index contributed by atoms with van der Waals surface area (Å²) in [6.45, 7) is 6.35. The molecular formula is C14H25BrN4O2. The average molecular weight is 361 g/mol. The fraction of sp³-hybridized carbons (Fsp3) is 0.786. The molecule has 1 unspecified atom stereocenters. The molecule has 0 saturated carbocycles. The summed E-state index contributed by atoms with van der Waals surface area (Å²) in [7, 11) is 1.76. The molecular weight excluding hydrogens is 336 g/mol. The van der Waals surface area contributed by atoms with Crippen LogP contribution in [0.4, 0.5) is 0 Å². The molecule has 0 spiro atoms. The van der Waals surface area contributed by atoms with Crippen molar-refractivity contribution in [1.29, 1.82) is 0 Å². The van der Waals surface area contributed by atoms with Crippen molar-refractivity contribution in [2.75, 3.05) is 20.3 Å². The molecule has 2 heterocycles. The van der Waals surface area contributed by atoms with Crippen molar-refractivity contribution in [3.05, 3.63) is 15.9 Å². The highest BCUT2D eigenvalue weighted by atomic mass is 79.9. The van der Waals surface area contributed by atoms with Crippen LogP contribution < -0.4 is 11.3 Å². The Kier molecular flexibility index (Phi) is 5.79. The SMILES string of the molecule is CCn1nc(C)c(Br)c1CC(NN)C1(OC)CCOCC1. The van der Waals surface area contributed by atoms with Gasteiger partial charge in [0.2, 0.25) is 0 Å². The molecule has 0 amide bonds. The summed E-state index contributed by atoms with van der Waals surface area (Å²) in [6, 6.07) is 0.0177. The Morgan fingerprint density at radius 2 is 2.19 bits per heavy atom. The summed E-state index contributed by atoms with van der Waals surface area (Å²) in [5.41, 5.74) is 4.82. The number of nitrogens with one attached hydrogen (secondary N) is 1. The molecule has 1 aromatic heterocycles. The normalized spacial score (nSPS) is 19.7. The molecule has 1 aliphatic rings. The van der Waals surface area contributed by atoms with Gasteiger partial charge in [-0.1, -0.05) is 0 Å². The standard InChI is InChI=1S/C14H25BrN4O2/c1-4-19-11(13(15)10(2)18-19)9-12(17-16)14(20-3)5-7-21-8-6-14/h12,17H,4-9,16H2,1-3H3. The molecule has 1 aliphatic heterocycles. The summed E-state index contributed by atoms with van der Waals surface area (Å²) in [5, 5.41) is 4.55. The van der Waals surface area contributed by atoms with Gasteiger partial charge in [-0.3, -0.25) is 16.0 Å². The number of aryl methyl sites for hydroxylation is 2. The van der Waals surface area contributed by atoms with E-state index in [1.54, 1.807) is 7.11 Å². The fourth-order valence-corrected chi connectivity index (χ4v) is 3.51. The van der Waals surface area contributed by atoms with E-state index in [0.717, 1.165) is 41.7 Å². The molecule has 0 aliphatic carbocycles. The highest BCUT2D eigenvalue weighted by molar-refractivity contribution is 9.10. The molecule has 1 aromatic rings. The Bertz CT molecular complexity index is 472. The van der Waals surface area contributed by atoms with Crippen molar-refractivity contribution in [2.45, 2.75) is 51.3 Å². The Morgan fingerprint density at radius 3 is 2.71 bits per heavy atom. The molecule has 120 valence electrons. The van der Waals surface area contributed by atoms with Crippen LogP contribution in [0.1, 0.15) is 31.2 Å². The zero-order valence-corrected chi connectivity index (χ0v) is 14.6. The van der Waals surface area contributed by atoms with E-state index in [-0.39, 0.29) is 11.6 Å². The first-order chi connectivity index (χ1) is 10.1. The molecule has 0 radical (unpaired) electrons. The molecule has 0 bridgehead atoms. The average Bonchev–Trinajstić information content (AvgIpc) is 2.80. The lowest BCUT2D eigenvalue weighted by Gasteiger charge is -2.42. The number of hydrazine groups is 1. The number of hydrogen-bond donors (Lipinski definition) is 2. The van der Waals surface area contributed by atoms with Crippen LogP contribution >= 0.6 is 15.9 Å². The van der Waals surface area contributed by atoms with Gasteiger partial charge in [0.05, 0.1) is 27.5 Å². The zero-order chi connectivity index (χ0) is 15.5. The maximum absolute atomic E-state index is 5.86. The topological polar surface area (TPSA) is 74.3 Å². The fourth-order valence-electron chi connectivity index (χ4n) is 3.07. The van der Waals surface area contributed by atoms with Crippen molar-refractivity contribution < 1.29 is 9.47 Å². The maximum Gasteiger partial charge on any atom is 0.0891 e. The third-order valence-corrected chi connectivity index (χ3v) is 5.46. The van der Waals surface area contributed by atoms with Gasteiger partial charge in [0.1, 0.15) is 0 Å². The van der Waals surface area contributed by atoms with E-state index in [2.05, 4.69) is 33.4 Å². The first kappa shape index (κ1) is 16.9. The van der Waals surface area contributed by atoms with Crippen LogP contribution in [-0.2, 0) is 22.4 Å². The van der Waals surface area contributed by atoms with Crippen LogP contribution in [0.3, 0.4) is 0 Å². The number of aromatic nitrogens is 2. The largest absolute Gasteiger partial charge is 0.381 e. The predicted octanol–water partition coefficient (Wildman–Crippen LogP) is 1.54. The first-order valence-electron chi connectivity index (χ1n) is 7.38. The number of halogens is 1. The van der Waals surface area contributed by atoms with Crippen molar-refractivity contribution in [1.82, 2.24) is 15.2 Å². The van der Waals surface area contributed by atoms with E-state index in [1.165, 1.54) is 0 Å². The summed E-state index contributed by atoms with van der Waals surface area (Å²) in [4.78, 5) is 0. The molecule has 0 aromatic carbocycles. The second kappa shape index (κ2) is 7.19. The van der Waals surface area contributed by atoms with Crippen molar-refractivity contribution in [3.63, 3.8) is 0 Å². The monoisotopic (exact) mass is 360 g/mol. The Morgan fingerprint density at radius 1 is 1.52 bits per heavy atom. The van der Waals surface area contributed by atoms with Crippen molar-refractivity contribution in [3.8, 4) is 0 Å². The van der Waals surface area contributed by atoms with Crippen LogP contribution in [-0.4, -0.2) is 41.7 Å². The van der Waals surface area contributed by atoms with Gasteiger partial charge in [0.15, 0.2) is 0 Å². The molecule has 1 saturated heterocycles. The van der Waals surface area contributed by atoms with Gasteiger partial charge in [-0.25, -0.2) is 0 Å². The molecule has 21 heavy (non-hydrogen) atoms. The Labute approximate surface area is 134 Å². The summed E-state index contributed by atoms with van der Waals surface area (Å²) >= 11 is 3.65. The Hall–Kier alpha value is -0.470. The molecule has 1 atom stereocenters. The van der Waals surface area contributed by atoms with E-state index >= 15 is 0 Å². The molecule has 6 nitrogen and oxygen atoms in total. The van der Waals surface area contributed by atoms with E-state index in [4.69, 9.17) is 15.3 Å². The quantitative estimate of drug-likeness (QED) is 0.594. The van der Waals surface area contributed by atoms with Crippen LogP contribution in [0.2, 0.25) is 0 Å². The van der Waals surface area contributed by atoms with Crippen molar-refractivity contribution >= 4 is 15.9 Å². The van der Waals surface area contributed by atoms with Crippen LogP contribution in [0, 0.1) is 6.92 Å². The highest BCUT2D eigenvalue weighted by Crippen LogP contribution is 2.32. The van der Waals surface area contributed by atoms with Gasteiger partial charge in [0.25, 0.3) is 0 Å². The molecule has 3 N–H and O–H groups in total. The van der Waals surface area contributed by atoms with Gasteiger partial charge in [0, 0.05) is 46.1 Å². The predicted molar refractivity (Wildman–Crippen MR) is 84.9 cm³/mol. The lowest BCUT2D eigenvalue weighted by Crippen LogP contribution is -2.58. The smallest absolute Gasteiger partial charge is 0.0891 e. The van der Waals surface area contributed by atoms with Crippen LogP contribution in [0.25, 0.3) is 0 Å². The first-order valence-corrected chi connectivity index (χ1v) is 8.18. The summed E-state index contributed by atoms with van der Waals surface area (Å²) < 4.78 is 14.4. The number of rotatable bonds is 6. The van der Waals surface area contributed by atoms with E-state index in [1.807, 2.05) is 11.6 Å².